The molecule has 2 heterocycles. The first-order valence-corrected chi connectivity index (χ1v) is 4.97. The Morgan fingerprint density at radius 2 is 2.31 bits per heavy atom. The van der Waals surface area contributed by atoms with Crippen LogP contribution >= 0.6 is 0 Å². The fourth-order valence-electron chi connectivity index (χ4n) is 1.66. The van der Waals surface area contributed by atoms with Crippen molar-refractivity contribution in [3.05, 3.63) is 23.4 Å². The Labute approximate surface area is 92.9 Å². The van der Waals surface area contributed by atoms with E-state index in [-0.39, 0.29) is 5.92 Å². The molecule has 5 nitrogen and oxygen atoms in total. The summed E-state index contributed by atoms with van der Waals surface area (Å²) >= 11 is 0. The van der Waals surface area contributed by atoms with Gasteiger partial charge in [0.05, 0.1) is 17.2 Å². The van der Waals surface area contributed by atoms with Crippen LogP contribution in [0, 0.1) is 24.2 Å². The van der Waals surface area contributed by atoms with E-state index in [0.717, 1.165) is 5.82 Å². The van der Waals surface area contributed by atoms with E-state index in [4.69, 9.17) is 10.4 Å². The Balaban J connectivity index is 2.11. The van der Waals surface area contributed by atoms with Gasteiger partial charge in [0.25, 0.3) is 0 Å². The minimum Gasteiger partial charge on any atom is -0.481 e. The van der Waals surface area contributed by atoms with Gasteiger partial charge in [-0.1, -0.05) is 0 Å². The Morgan fingerprint density at radius 1 is 1.62 bits per heavy atom. The summed E-state index contributed by atoms with van der Waals surface area (Å²) < 4.78 is 0. The van der Waals surface area contributed by atoms with Crippen LogP contribution in [-0.4, -0.2) is 29.1 Å². The van der Waals surface area contributed by atoms with E-state index >= 15 is 0 Å². The number of carboxylic acids is 1. The van der Waals surface area contributed by atoms with Crippen LogP contribution < -0.4 is 4.90 Å². The summed E-state index contributed by atoms with van der Waals surface area (Å²) in [5, 5.41) is 17.5. The normalized spacial score (nSPS) is 15.4. The molecule has 1 aromatic heterocycles. The zero-order valence-electron chi connectivity index (χ0n) is 8.84. The van der Waals surface area contributed by atoms with E-state index in [9.17, 15) is 4.79 Å². The molecule has 0 atom stereocenters. The highest BCUT2D eigenvalue weighted by Crippen LogP contribution is 2.23. The molecule has 0 amide bonds. The lowest BCUT2D eigenvalue weighted by atomic mass is 10.0. The number of nitriles is 1. The average molecular weight is 217 g/mol. The number of anilines is 1. The Hall–Kier alpha value is -2.09. The molecule has 0 spiro atoms. The molecule has 1 fully saturated rings. The number of nitrogens with zero attached hydrogens (tertiary/aromatic N) is 3. The largest absolute Gasteiger partial charge is 0.481 e. The first kappa shape index (κ1) is 10.4. The van der Waals surface area contributed by atoms with Crippen LogP contribution in [0.1, 0.15) is 11.3 Å². The van der Waals surface area contributed by atoms with E-state index < -0.39 is 5.97 Å². The zero-order valence-corrected chi connectivity index (χ0v) is 8.84. The minimum absolute atomic E-state index is 0.294. The standard InChI is InChI=1S/C11H11N3O2/c1-7-8(4-12)2-3-10(13-7)14-5-9(6-14)11(15)16/h2-3,9H,5-6H2,1H3,(H,15,16). The van der Waals surface area contributed by atoms with Crippen LogP contribution in [0.15, 0.2) is 12.1 Å². The molecule has 0 radical (unpaired) electrons. The predicted molar refractivity (Wildman–Crippen MR) is 57.0 cm³/mol. The lowest BCUT2D eigenvalue weighted by molar-refractivity contribution is -0.142. The molecule has 1 aromatic rings. The molecule has 5 heteroatoms. The fraction of sp³-hybridized carbons (Fsp3) is 0.364. The van der Waals surface area contributed by atoms with E-state index in [1.54, 1.807) is 19.1 Å². The summed E-state index contributed by atoms with van der Waals surface area (Å²) in [6.45, 7) is 2.76. The van der Waals surface area contributed by atoms with Crippen molar-refractivity contribution in [1.29, 1.82) is 5.26 Å². The van der Waals surface area contributed by atoms with Crippen molar-refractivity contribution in [2.45, 2.75) is 6.92 Å². The van der Waals surface area contributed by atoms with Crippen molar-refractivity contribution in [3.63, 3.8) is 0 Å². The van der Waals surface area contributed by atoms with Gasteiger partial charge in [-0.2, -0.15) is 5.26 Å². The van der Waals surface area contributed by atoms with Crippen LogP contribution in [0.5, 0.6) is 0 Å². The highest BCUT2D eigenvalue weighted by atomic mass is 16.4. The van der Waals surface area contributed by atoms with E-state index in [0.29, 0.717) is 24.3 Å². The molecule has 0 aromatic carbocycles. The highest BCUT2D eigenvalue weighted by molar-refractivity contribution is 5.74. The first-order chi connectivity index (χ1) is 7.61. The Kier molecular flexibility index (Phi) is 2.49. The number of rotatable bonds is 2. The Bertz CT molecular complexity index is 473. The monoisotopic (exact) mass is 217 g/mol. The van der Waals surface area contributed by atoms with E-state index in [1.807, 2.05) is 11.0 Å². The third-order valence-corrected chi connectivity index (χ3v) is 2.75. The second-order valence-electron chi connectivity index (χ2n) is 3.85. The third kappa shape index (κ3) is 1.70. The van der Waals surface area contributed by atoms with Crippen LogP contribution in [0.4, 0.5) is 5.82 Å². The number of carboxylic acid groups (broad SMARTS) is 1. The van der Waals surface area contributed by atoms with E-state index in [1.165, 1.54) is 0 Å². The van der Waals surface area contributed by atoms with Crippen molar-refractivity contribution in [2.75, 3.05) is 18.0 Å². The van der Waals surface area contributed by atoms with Gasteiger partial charge in [0.1, 0.15) is 11.9 Å². The third-order valence-electron chi connectivity index (χ3n) is 2.75. The number of aryl methyl sites for hydroxylation is 1. The van der Waals surface area contributed by atoms with Gasteiger partial charge in [-0.15, -0.1) is 0 Å². The molecule has 0 saturated carbocycles. The van der Waals surface area contributed by atoms with Crippen LogP contribution in [0.2, 0.25) is 0 Å². The number of carbonyl (C=O) groups is 1. The van der Waals surface area contributed by atoms with Crippen molar-refractivity contribution < 1.29 is 9.90 Å². The van der Waals surface area contributed by atoms with Gasteiger partial charge in [-0.3, -0.25) is 4.79 Å². The van der Waals surface area contributed by atoms with Crippen LogP contribution in [0.25, 0.3) is 0 Å². The summed E-state index contributed by atoms with van der Waals surface area (Å²) in [7, 11) is 0. The summed E-state index contributed by atoms with van der Waals surface area (Å²) in [5.41, 5.74) is 1.23. The quantitative estimate of drug-likeness (QED) is 0.792. The number of hydrogen-bond acceptors (Lipinski definition) is 4. The maximum atomic E-state index is 10.6. The molecule has 1 aliphatic heterocycles. The predicted octanol–water partition coefficient (Wildman–Crippen LogP) is 0.782. The molecule has 1 N–H and O–H groups in total. The van der Waals surface area contributed by atoms with Crippen molar-refractivity contribution in [3.8, 4) is 6.07 Å². The fourth-order valence-corrected chi connectivity index (χ4v) is 1.66. The summed E-state index contributed by atoms with van der Waals surface area (Å²) in [5.74, 6) is -0.312. The number of aliphatic carboxylic acids is 1. The topological polar surface area (TPSA) is 77.2 Å². The maximum Gasteiger partial charge on any atom is 0.310 e. The van der Waals surface area contributed by atoms with Crippen LogP contribution in [-0.2, 0) is 4.79 Å². The molecule has 82 valence electrons. The molecule has 0 unspecified atom stereocenters. The number of hydrogen-bond donors (Lipinski definition) is 1. The van der Waals surface area contributed by atoms with Gasteiger partial charge >= 0.3 is 5.97 Å². The van der Waals surface area contributed by atoms with Crippen LogP contribution in [0.3, 0.4) is 0 Å². The van der Waals surface area contributed by atoms with Crippen molar-refractivity contribution in [1.82, 2.24) is 4.98 Å². The number of pyridine rings is 1. The molecular formula is C11H11N3O2. The van der Waals surface area contributed by atoms with Gasteiger partial charge < -0.3 is 10.0 Å². The molecule has 16 heavy (non-hydrogen) atoms. The second kappa shape index (κ2) is 3.81. The highest BCUT2D eigenvalue weighted by Gasteiger charge is 2.33. The number of aromatic nitrogens is 1. The molecule has 0 bridgehead atoms. The lowest BCUT2D eigenvalue weighted by Crippen LogP contribution is -2.50. The maximum absolute atomic E-state index is 10.6. The molecule has 2 rings (SSSR count). The first-order valence-electron chi connectivity index (χ1n) is 4.97. The summed E-state index contributed by atoms with van der Waals surface area (Å²) in [6.07, 6.45) is 0. The molecule has 1 aliphatic rings. The van der Waals surface area contributed by atoms with E-state index in [2.05, 4.69) is 4.98 Å². The van der Waals surface area contributed by atoms with Gasteiger partial charge in [0.15, 0.2) is 0 Å². The molecule has 1 saturated heterocycles. The summed E-state index contributed by atoms with van der Waals surface area (Å²) in [6, 6.07) is 5.52. The van der Waals surface area contributed by atoms with Crippen molar-refractivity contribution in [2.24, 2.45) is 5.92 Å². The summed E-state index contributed by atoms with van der Waals surface area (Å²) in [4.78, 5) is 16.8. The Morgan fingerprint density at radius 3 is 2.81 bits per heavy atom. The molecular weight excluding hydrogens is 206 g/mol. The minimum atomic E-state index is -0.762. The lowest BCUT2D eigenvalue weighted by Gasteiger charge is -2.37. The average Bonchev–Trinajstić information content (AvgIpc) is 2.15. The molecule has 0 aliphatic carbocycles. The van der Waals surface area contributed by atoms with Gasteiger partial charge in [-0.05, 0) is 19.1 Å². The zero-order chi connectivity index (χ0) is 11.7. The van der Waals surface area contributed by atoms with Gasteiger partial charge in [0.2, 0.25) is 0 Å². The van der Waals surface area contributed by atoms with Crippen molar-refractivity contribution >= 4 is 11.8 Å². The van der Waals surface area contributed by atoms with Gasteiger partial charge in [0, 0.05) is 13.1 Å². The smallest absolute Gasteiger partial charge is 0.310 e. The van der Waals surface area contributed by atoms with Gasteiger partial charge in [-0.25, -0.2) is 4.98 Å². The SMILES string of the molecule is Cc1nc(N2CC(C(=O)O)C2)ccc1C#N. The second-order valence-corrected chi connectivity index (χ2v) is 3.85.